The van der Waals surface area contributed by atoms with Crippen LogP contribution < -0.4 is 4.90 Å². The Morgan fingerprint density at radius 1 is 0.348 bits per heavy atom. The fourth-order valence-corrected chi connectivity index (χ4v) is 13.5. The fraction of sp³-hybridized carbons (Fsp3) is 0.0625. The second-order valence-corrected chi connectivity index (χ2v) is 19.8. The van der Waals surface area contributed by atoms with Crippen LogP contribution in [0.5, 0.6) is 0 Å². The first kappa shape index (κ1) is 37.6. The van der Waals surface area contributed by atoms with Crippen molar-refractivity contribution >= 4 is 48.6 Å². The lowest BCUT2D eigenvalue weighted by molar-refractivity contribution is 0.660. The number of thiophene rings is 1. The highest BCUT2D eigenvalue weighted by atomic mass is 32.1. The van der Waals surface area contributed by atoms with E-state index in [0.717, 1.165) is 17.1 Å². The van der Waals surface area contributed by atoms with Gasteiger partial charge < -0.3 is 4.90 Å². The van der Waals surface area contributed by atoms with Crippen molar-refractivity contribution in [3.63, 3.8) is 0 Å². The maximum Gasteiger partial charge on any atom is 0.0732 e. The van der Waals surface area contributed by atoms with Crippen molar-refractivity contribution in [3.8, 4) is 55.6 Å². The predicted octanol–water partition coefficient (Wildman–Crippen LogP) is 17.5. The summed E-state index contributed by atoms with van der Waals surface area (Å²) in [5.74, 6) is 0. The second-order valence-electron chi connectivity index (χ2n) is 18.7. The summed E-state index contributed by atoms with van der Waals surface area (Å²) in [5.41, 5.74) is 23.9. The molecule has 2 heteroatoms. The molecule has 3 aliphatic carbocycles. The molecule has 1 aromatic heterocycles. The minimum Gasteiger partial charge on any atom is -0.310 e. The summed E-state index contributed by atoms with van der Waals surface area (Å²) in [6.07, 6.45) is 0. The van der Waals surface area contributed by atoms with E-state index < -0.39 is 5.41 Å². The Balaban J connectivity index is 0.949. The molecule has 1 heterocycles. The van der Waals surface area contributed by atoms with Gasteiger partial charge in [0.05, 0.1) is 5.41 Å². The average molecular weight is 858 g/mol. The molecule has 0 aliphatic heterocycles. The highest BCUT2D eigenvalue weighted by Gasteiger charge is 2.53. The van der Waals surface area contributed by atoms with Gasteiger partial charge in [0.25, 0.3) is 0 Å². The molecule has 0 amide bonds. The molecule has 11 aromatic rings. The van der Waals surface area contributed by atoms with Crippen molar-refractivity contribution in [1.29, 1.82) is 0 Å². The van der Waals surface area contributed by atoms with Crippen LogP contribution in [0.1, 0.15) is 47.2 Å². The Morgan fingerprint density at radius 3 is 1.65 bits per heavy atom. The number of nitrogens with zero attached hydrogens (tertiary/aromatic N) is 1. The van der Waals surface area contributed by atoms with E-state index in [9.17, 15) is 0 Å². The Morgan fingerprint density at radius 2 is 0.894 bits per heavy atom. The lowest BCUT2D eigenvalue weighted by Gasteiger charge is -2.32. The molecule has 0 saturated heterocycles. The summed E-state index contributed by atoms with van der Waals surface area (Å²) < 4.78 is 2.71. The minimum absolute atomic E-state index is 0.115. The van der Waals surface area contributed by atoms with Crippen LogP contribution in [0.25, 0.3) is 75.8 Å². The molecule has 1 atom stereocenters. The molecule has 3 aliphatic rings. The van der Waals surface area contributed by atoms with Gasteiger partial charge in [-0.2, -0.15) is 0 Å². The molecule has 1 spiro atoms. The number of anilines is 3. The van der Waals surface area contributed by atoms with Gasteiger partial charge in [-0.15, -0.1) is 11.3 Å². The molecule has 10 aromatic carbocycles. The van der Waals surface area contributed by atoms with E-state index >= 15 is 0 Å². The van der Waals surface area contributed by atoms with Crippen LogP contribution in [-0.4, -0.2) is 0 Å². The van der Waals surface area contributed by atoms with Crippen molar-refractivity contribution in [2.24, 2.45) is 0 Å². The average Bonchev–Trinajstić information content (AvgIpc) is 4.07. The quantitative estimate of drug-likeness (QED) is 0.167. The number of hydrogen-bond acceptors (Lipinski definition) is 2. The third-order valence-electron chi connectivity index (χ3n) is 15.1. The normalized spacial score (nSPS) is 15.6. The summed E-state index contributed by atoms with van der Waals surface area (Å²) in [4.78, 5) is 2.43. The largest absolute Gasteiger partial charge is 0.310 e. The first-order valence-corrected chi connectivity index (χ1v) is 23.9. The van der Waals surface area contributed by atoms with Gasteiger partial charge in [-0.25, -0.2) is 0 Å². The molecule has 0 N–H and O–H groups in total. The number of hydrogen-bond donors (Lipinski definition) is 0. The summed E-state index contributed by atoms with van der Waals surface area (Å²) in [7, 11) is 0. The SMILES string of the molecule is CC1(C)c2ccccc2-c2ccc(N(c3ccc(-c4ccccc4)cc3)c3ccc(-c4cccc5c4C4(c6ccccc6-5)c5ccccc5-c5c4ccc4c5sc5ccccc54)cc3)cc21. The number of fused-ring (bicyclic) bond motifs is 17. The zero-order chi connectivity index (χ0) is 43.7. The van der Waals surface area contributed by atoms with Crippen molar-refractivity contribution in [3.05, 3.63) is 258 Å². The van der Waals surface area contributed by atoms with Gasteiger partial charge >= 0.3 is 0 Å². The molecule has 0 saturated carbocycles. The molecule has 0 bridgehead atoms. The molecule has 1 nitrogen and oxygen atoms in total. The van der Waals surface area contributed by atoms with Crippen LogP contribution in [-0.2, 0) is 10.8 Å². The summed E-state index contributed by atoms with van der Waals surface area (Å²) in [5, 5.41) is 2.67. The van der Waals surface area contributed by atoms with Crippen molar-refractivity contribution in [1.82, 2.24) is 0 Å². The maximum absolute atomic E-state index is 2.46. The van der Waals surface area contributed by atoms with Crippen LogP contribution in [0, 0.1) is 0 Å². The second kappa shape index (κ2) is 13.9. The first-order chi connectivity index (χ1) is 32.5. The van der Waals surface area contributed by atoms with Gasteiger partial charge in [-0.3, -0.25) is 0 Å². The van der Waals surface area contributed by atoms with E-state index in [1.807, 2.05) is 11.3 Å². The van der Waals surface area contributed by atoms with E-state index in [4.69, 9.17) is 0 Å². The van der Waals surface area contributed by atoms with Gasteiger partial charge in [-0.05, 0) is 126 Å². The van der Waals surface area contributed by atoms with Crippen molar-refractivity contribution < 1.29 is 0 Å². The van der Waals surface area contributed by atoms with E-state index in [1.54, 1.807) is 0 Å². The van der Waals surface area contributed by atoms with Gasteiger partial charge in [0.15, 0.2) is 0 Å². The zero-order valence-corrected chi connectivity index (χ0v) is 37.5. The first-order valence-electron chi connectivity index (χ1n) is 23.1. The van der Waals surface area contributed by atoms with Crippen molar-refractivity contribution in [2.45, 2.75) is 24.7 Å². The molecular weight excluding hydrogens is 815 g/mol. The summed E-state index contributed by atoms with van der Waals surface area (Å²) >= 11 is 1.93. The van der Waals surface area contributed by atoms with Crippen LogP contribution in [0.3, 0.4) is 0 Å². The zero-order valence-electron chi connectivity index (χ0n) is 36.7. The molecule has 14 rings (SSSR count). The Labute approximate surface area is 389 Å². The Hall–Kier alpha value is -7.78. The topological polar surface area (TPSA) is 3.24 Å². The van der Waals surface area contributed by atoms with Crippen molar-refractivity contribution in [2.75, 3.05) is 4.90 Å². The third kappa shape index (κ3) is 5.05. The molecule has 310 valence electrons. The van der Waals surface area contributed by atoms with Crippen LogP contribution in [0.4, 0.5) is 17.1 Å². The van der Waals surface area contributed by atoms with Crippen LogP contribution in [0.15, 0.2) is 224 Å². The standard InChI is InChI=1S/C64H43NS/c1-63(2)54-23-10-6-17-47(54)49-36-35-45(39-58(49)63)65(43-31-27-41(28-32-43)40-15-4-3-5-16-40)44-33-29-42(30-34-44)46-21-14-22-51-48-18-7-11-24-55(48)64(61(46)51)56-25-12-8-20-53(56)60-57(64)38-37-52-50-19-9-13-26-59(50)66-62(52)60/h3-39H,1-2H3. The molecule has 0 radical (unpaired) electrons. The van der Waals surface area contributed by atoms with E-state index in [2.05, 4.69) is 243 Å². The third-order valence-corrected chi connectivity index (χ3v) is 16.3. The highest BCUT2D eigenvalue weighted by Crippen LogP contribution is 2.66. The number of rotatable bonds is 5. The fourth-order valence-electron chi connectivity index (χ4n) is 12.2. The van der Waals surface area contributed by atoms with Gasteiger partial charge in [0, 0.05) is 48.2 Å². The molecule has 66 heavy (non-hydrogen) atoms. The molecule has 1 unspecified atom stereocenters. The van der Waals surface area contributed by atoms with E-state index in [-0.39, 0.29) is 5.41 Å². The lowest BCUT2D eigenvalue weighted by Crippen LogP contribution is -2.26. The van der Waals surface area contributed by atoms with E-state index in [1.165, 1.54) is 109 Å². The van der Waals surface area contributed by atoms with Crippen LogP contribution in [0.2, 0.25) is 0 Å². The van der Waals surface area contributed by atoms with Gasteiger partial charge in [0.2, 0.25) is 0 Å². The molecule has 0 fully saturated rings. The monoisotopic (exact) mass is 857 g/mol. The summed E-state index contributed by atoms with van der Waals surface area (Å²) in [6, 6.07) is 84.2. The van der Waals surface area contributed by atoms with Crippen LogP contribution >= 0.6 is 11.3 Å². The van der Waals surface area contributed by atoms with Gasteiger partial charge in [0.1, 0.15) is 0 Å². The number of benzene rings is 10. The lowest BCUT2D eigenvalue weighted by atomic mass is 9.68. The minimum atomic E-state index is -0.473. The smallest absolute Gasteiger partial charge is 0.0732 e. The van der Waals surface area contributed by atoms with Gasteiger partial charge in [-0.1, -0.05) is 196 Å². The highest BCUT2D eigenvalue weighted by molar-refractivity contribution is 7.26. The maximum atomic E-state index is 2.46. The summed E-state index contributed by atoms with van der Waals surface area (Å²) in [6.45, 7) is 4.73. The Kier molecular flexibility index (Phi) is 7.89. The Bertz CT molecular complexity index is 3780. The molecular formula is C64H43NS. The predicted molar refractivity (Wildman–Crippen MR) is 279 cm³/mol. The van der Waals surface area contributed by atoms with E-state index in [0.29, 0.717) is 0 Å².